The zero-order valence-corrected chi connectivity index (χ0v) is 19.1. The van der Waals surface area contributed by atoms with Crippen molar-refractivity contribution in [3.63, 3.8) is 0 Å². The van der Waals surface area contributed by atoms with Crippen LogP contribution in [-0.4, -0.2) is 48.0 Å². The molecule has 30 heavy (non-hydrogen) atoms. The molecule has 1 atom stereocenters. The Morgan fingerprint density at radius 3 is 2.23 bits per heavy atom. The van der Waals surface area contributed by atoms with Crippen LogP contribution < -0.4 is 0 Å². The Morgan fingerprint density at radius 1 is 1.13 bits per heavy atom. The average Bonchev–Trinajstić information content (AvgIpc) is 3.17. The molecule has 1 aromatic rings. The van der Waals surface area contributed by atoms with Gasteiger partial charge in [0.15, 0.2) is 0 Å². The van der Waals surface area contributed by atoms with Gasteiger partial charge in [0.05, 0.1) is 11.2 Å². The third-order valence-corrected chi connectivity index (χ3v) is 6.05. The molecule has 1 unspecified atom stereocenters. The van der Waals surface area contributed by atoms with Crippen LogP contribution in [0.1, 0.15) is 60.5 Å². The first kappa shape index (κ1) is 22.8. The van der Waals surface area contributed by atoms with Crippen LogP contribution in [0.25, 0.3) is 5.57 Å². The summed E-state index contributed by atoms with van der Waals surface area (Å²) in [4.78, 5) is 14.2. The molecule has 2 heterocycles. The third kappa shape index (κ3) is 4.73. The third-order valence-electron chi connectivity index (χ3n) is 6.05. The van der Waals surface area contributed by atoms with E-state index in [1.165, 1.54) is 0 Å². The normalized spacial score (nSPS) is 24.1. The number of likely N-dealkylation sites (tertiary alicyclic amines) is 1. The fourth-order valence-electron chi connectivity index (χ4n) is 3.75. The highest BCUT2D eigenvalue weighted by Crippen LogP contribution is 2.42. The Morgan fingerprint density at radius 2 is 1.70 bits per heavy atom. The predicted molar refractivity (Wildman–Crippen MR) is 116 cm³/mol. The molecule has 0 aliphatic carbocycles. The molecule has 0 bridgehead atoms. The number of halogens is 1. The topological polar surface area (TPSA) is 48.0 Å². The SMILES string of the molecule is CC(C)(C)OC(=O)N1CCC(C(=C(F)B2OC(C)(C)C(C)(C)O2)c2ccccc2)C1. The van der Waals surface area contributed by atoms with E-state index in [2.05, 4.69) is 0 Å². The van der Waals surface area contributed by atoms with Crippen LogP contribution in [0.3, 0.4) is 0 Å². The maximum absolute atomic E-state index is 15.9. The van der Waals surface area contributed by atoms with Crippen LogP contribution in [0.5, 0.6) is 0 Å². The monoisotopic (exact) mass is 417 g/mol. The minimum Gasteiger partial charge on any atom is -0.444 e. The lowest BCUT2D eigenvalue weighted by atomic mass is 9.78. The average molecular weight is 417 g/mol. The van der Waals surface area contributed by atoms with Gasteiger partial charge in [-0.05, 0) is 66.0 Å². The standard InChI is InChI=1S/C23H33BFNO4/c1-21(2,3)28-20(27)26-14-13-17(15-26)18(16-11-9-8-10-12-16)19(25)24-29-22(4,5)23(6,7)30-24/h8-12,17H,13-15H2,1-7H3. The van der Waals surface area contributed by atoms with Crippen LogP contribution in [0.2, 0.25) is 0 Å². The van der Waals surface area contributed by atoms with Gasteiger partial charge < -0.3 is 18.9 Å². The summed E-state index contributed by atoms with van der Waals surface area (Å²) in [6, 6.07) is 9.43. The van der Waals surface area contributed by atoms with Crippen molar-refractivity contribution >= 4 is 18.8 Å². The number of carbonyl (C=O) groups excluding carboxylic acids is 1. The Bertz CT molecular complexity index is 800. The largest absolute Gasteiger partial charge is 0.525 e. The molecule has 1 aromatic carbocycles. The van der Waals surface area contributed by atoms with Gasteiger partial charge in [0, 0.05) is 19.0 Å². The van der Waals surface area contributed by atoms with E-state index < -0.39 is 29.6 Å². The molecular formula is C23H33BFNO4. The smallest absolute Gasteiger partial charge is 0.444 e. The lowest BCUT2D eigenvalue weighted by Gasteiger charge is -2.32. The van der Waals surface area contributed by atoms with Crippen molar-refractivity contribution in [2.45, 2.75) is 71.7 Å². The summed E-state index contributed by atoms with van der Waals surface area (Å²) in [7, 11) is -1.07. The number of hydrogen-bond donors (Lipinski definition) is 0. The van der Waals surface area contributed by atoms with E-state index in [1.54, 1.807) is 4.90 Å². The molecule has 7 heteroatoms. The van der Waals surface area contributed by atoms with Crippen LogP contribution >= 0.6 is 0 Å². The number of rotatable bonds is 3. The molecule has 0 N–H and O–H groups in total. The minimum atomic E-state index is -1.07. The van der Waals surface area contributed by atoms with Gasteiger partial charge in [0.25, 0.3) is 0 Å². The van der Waals surface area contributed by atoms with Gasteiger partial charge in [0.2, 0.25) is 0 Å². The highest BCUT2D eigenvalue weighted by atomic mass is 19.1. The quantitative estimate of drug-likeness (QED) is 0.630. The lowest BCUT2D eigenvalue weighted by molar-refractivity contribution is 0.00578. The van der Waals surface area contributed by atoms with Crippen LogP contribution in [0.4, 0.5) is 9.18 Å². The summed E-state index contributed by atoms with van der Waals surface area (Å²) in [5, 5.41) is 0. The van der Waals surface area contributed by atoms with Crippen molar-refractivity contribution in [3.8, 4) is 0 Å². The zero-order valence-electron chi connectivity index (χ0n) is 19.1. The van der Waals surface area contributed by atoms with Crippen molar-refractivity contribution in [1.82, 2.24) is 4.90 Å². The molecule has 2 aliphatic heterocycles. The van der Waals surface area contributed by atoms with E-state index in [-0.39, 0.29) is 12.0 Å². The molecule has 0 aromatic heterocycles. The number of ether oxygens (including phenoxy) is 1. The van der Waals surface area contributed by atoms with Gasteiger partial charge >= 0.3 is 13.2 Å². The molecule has 2 saturated heterocycles. The van der Waals surface area contributed by atoms with E-state index in [4.69, 9.17) is 14.0 Å². The van der Waals surface area contributed by atoms with Crippen molar-refractivity contribution in [1.29, 1.82) is 0 Å². The summed E-state index contributed by atoms with van der Waals surface area (Å²) in [5.41, 5.74) is -0.928. The van der Waals surface area contributed by atoms with Crippen LogP contribution in [0, 0.1) is 5.92 Å². The van der Waals surface area contributed by atoms with Crippen LogP contribution in [0.15, 0.2) is 36.1 Å². The first-order chi connectivity index (χ1) is 13.8. The van der Waals surface area contributed by atoms with Gasteiger partial charge in [-0.1, -0.05) is 30.3 Å². The molecule has 2 aliphatic rings. The van der Waals surface area contributed by atoms with E-state index in [0.29, 0.717) is 25.1 Å². The molecule has 1 amide bonds. The molecule has 164 valence electrons. The van der Waals surface area contributed by atoms with Gasteiger partial charge in [-0.25, -0.2) is 9.18 Å². The maximum Gasteiger partial charge on any atom is 0.525 e. The number of nitrogens with zero attached hydrogens (tertiary/aromatic N) is 1. The zero-order chi connectivity index (χ0) is 22.3. The summed E-state index contributed by atoms with van der Waals surface area (Å²) >= 11 is 0. The predicted octanol–water partition coefficient (Wildman–Crippen LogP) is 5.26. The van der Waals surface area contributed by atoms with Crippen LogP contribution in [-0.2, 0) is 14.0 Å². The van der Waals surface area contributed by atoms with Gasteiger partial charge in [0.1, 0.15) is 11.3 Å². The molecular weight excluding hydrogens is 384 g/mol. The lowest BCUT2D eigenvalue weighted by Crippen LogP contribution is -2.41. The second kappa shape index (κ2) is 8.01. The van der Waals surface area contributed by atoms with E-state index in [1.807, 2.05) is 78.8 Å². The highest BCUT2D eigenvalue weighted by Gasteiger charge is 2.54. The molecule has 2 fully saturated rings. The number of amides is 1. The summed E-state index contributed by atoms with van der Waals surface area (Å²) < 4.78 is 33.3. The first-order valence-corrected chi connectivity index (χ1v) is 10.6. The maximum atomic E-state index is 15.9. The van der Waals surface area contributed by atoms with Crippen molar-refractivity contribution in [2.24, 2.45) is 5.92 Å². The fourth-order valence-corrected chi connectivity index (χ4v) is 3.75. The van der Waals surface area contributed by atoms with Gasteiger partial charge in [-0.2, -0.15) is 0 Å². The molecule has 3 rings (SSSR count). The molecule has 0 spiro atoms. The Labute approximate surface area is 179 Å². The van der Waals surface area contributed by atoms with Crippen molar-refractivity contribution < 1.29 is 23.2 Å². The summed E-state index contributed by atoms with van der Waals surface area (Å²) in [6.07, 6.45) is 0.282. The van der Waals surface area contributed by atoms with Crippen molar-refractivity contribution in [2.75, 3.05) is 13.1 Å². The van der Waals surface area contributed by atoms with E-state index in [9.17, 15) is 4.79 Å². The Balaban J connectivity index is 1.90. The fraction of sp³-hybridized carbons (Fsp3) is 0.609. The highest BCUT2D eigenvalue weighted by molar-refractivity contribution is 6.55. The summed E-state index contributed by atoms with van der Waals surface area (Å²) in [6.45, 7) is 14.1. The van der Waals surface area contributed by atoms with Crippen molar-refractivity contribution in [3.05, 3.63) is 41.6 Å². The Kier molecular flexibility index (Phi) is 6.09. The molecule has 5 nitrogen and oxygen atoms in total. The van der Waals surface area contributed by atoms with E-state index in [0.717, 1.165) is 5.56 Å². The number of benzene rings is 1. The number of carbonyl (C=O) groups is 1. The first-order valence-electron chi connectivity index (χ1n) is 10.6. The van der Waals surface area contributed by atoms with Gasteiger partial charge in [-0.15, -0.1) is 0 Å². The molecule has 0 radical (unpaired) electrons. The van der Waals surface area contributed by atoms with E-state index >= 15 is 4.39 Å². The number of hydrogen-bond acceptors (Lipinski definition) is 4. The minimum absolute atomic E-state index is 0.168. The Hall–Kier alpha value is -1.86. The molecule has 0 saturated carbocycles. The second-order valence-electron chi connectivity index (χ2n) is 10.1. The van der Waals surface area contributed by atoms with Gasteiger partial charge in [-0.3, -0.25) is 0 Å². The second-order valence-corrected chi connectivity index (χ2v) is 10.1. The summed E-state index contributed by atoms with van der Waals surface area (Å²) in [5.74, 6) is -0.168.